The van der Waals surface area contributed by atoms with E-state index in [1.54, 1.807) is 42.5 Å². The second-order valence-corrected chi connectivity index (χ2v) is 6.69. The van der Waals surface area contributed by atoms with Gasteiger partial charge in [-0.2, -0.15) is 0 Å². The van der Waals surface area contributed by atoms with Crippen LogP contribution < -0.4 is 15.4 Å². The van der Waals surface area contributed by atoms with Gasteiger partial charge in [0.05, 0.1) is 12.8 Å². The molecule has 0 fully saturated rings. The largest absolute Gasteiger partial charge is 0.495 e. The van der Waals surface area contributed by atoms with Gasteiger partial charge in [0.2, 0.25) is 5.91 Å². The average Bonchev–Trinajstić information content (AvgIpc) is 3.00. The summed E-state index contributed by atoms with van der Waals surface area (Å²) in [5.74, 6) is -0.230. The third kappa shape index (κ3) is 3.36. The number of hydrogen-bond acceptors (Lipinski definition) is 4. The Kier molecular flexibility index (Phi) is 4.60. The first-order valence-electron chi connectivity index (χ1n) is 9.03. The van der Waals surface area contributed by atoms with Crippen molar-refractivity contribution in [2.75, 3.05) is 17.7 Å². The van der Waals surface area contributed by atoms with Crippen LogP contribution in [0.25, 0.3) is 11.1 Å². The molecule has 3 aromatic carbocycles. The molecular weight excluding hydrogens is 368 g/mol. The van der Waals surface area contributed by atoms with E-state index in [9.17, 15) is 14.4 Å². The first-order chi connectivity index (χ1) is 14.0. The first-order valence-corrected chi connectivity index (χ1v) is 9.03. The molecule has 2 amide bonds. The van der Waals surface area contributed by atoms with Crippen LogP contribution in [0.5, 0.6) is 5.75 Å². The van der Waals surface area contributed by atoms with Crippen molar-refractivity contribution < 1.29 is 19.1 Å². The van der Waals surface area contributed by atoms with Crippen LogP contribution in [0.2, 0.25) is 0 Å². The van der Waals surface area contributed by atoms with Crippen LogP contribution in [-0.2, 0) is 4.79 Å². The summed E-state index contributed by atoms with van der Waals surface area (Å²) in [6, 6.07) is 17.4. The Morgan fingerprint density at radius 3 is 2.28 bits per heavy atom. The topological polar surface area (TPSA) is 84.5 Å². The molecule has 0 unspecified atom stereocenters. The second kappa shape index (κ2) is 7.24. The minimum Gasteiger partial charge on any atom is -0.495 e. The predicted molar refractivity (Wildman–Crippen MR) is 111 cm³/mol. The molecule has 0 radical (unpaired) electrons. The Morgan fingerprint density at radius 2 is 1.55 bits per heavy atom. The number of ether oxygens (including phenoxy) is 1. The van der Waals surface area contributed by atoms with Crippen LogP contribution in [0.4, 0.5) is 11.4 Å². The van der Waals surface area contributed by atoms with Gasteiger partial charge in [0.1, 0.15) is 5.75 Å². The summed E-state index contributed by atoms with van der Waals surface area (Å²) < 4.78 is 5.29. The standard InChI is InChI=1S/C23H18N2O4/c1-13(26)24-15-8-10-21(29-2)20(12-15)25-23(28)14-7-9-17-16-5-3-4-6-18(16)22(27)19(17)11-14/h3-12H,1-2H3,(H,24,26)(H,25,28). The fourth-order valence-electron chi connectivity index (χ4n) is 3.45. The van der Waals surface area contributed by atoms with Gasteiger partial charge in [-0.15, -0.1) is 0 Å². The number of carbonyl (C=O) groups is 3. The maximum atomic E-state index is 12.8. The van der Waals surface area contributed by atoms with Gasteiger partial charge >= 0.3 is 0 Å². The third-order valence-electron chi connectivity index (χ3n) is 4.76. The zero-order valence-corrected chi connectivity index (χ0v) is 15.9. The summed E-state index contributed by atoms with van der Waals surface area (Å²) in [6.45, 7) is 1.40. The smallest absolute Gasteiger partial charge is 0.255 e. The first kappa shape index (κ1) is 18.4. The third-order valence-corrected chi connectivity index (χ3v) is 4.76. The number of amides is 2. The molecule has 0 spiro atoms. The summed E-state index contributed by atoms with van der Waals surface area (Å²) in [5, 5.41) is 5.46. The zero-order valence-electron chi connectivity index (χ0n) is 15.9. The molecule has 0 aliphatic heterocycles. The predicted octanol–water partition coefficient (Wildman–Crippen LogP) is 4.12. The average molecular weight is 386 g/mol. The molecule has 3 aromatic rings. The highest BCUT2D eigenvalue weighted by atomic mass is 16.5. The van der Waals surface area contributed by atoms with Crippen molar-refractivity contribution in [1.29, 1.82) is 0 Å². The Labute approximate surface area is 167 Å². The van der Waals surface area contributed by atoms with E-state index < -0.39 is 0 Å². The lowest BCUT2D eigenvalue weighted by atomic mass is 10.0. The highest BCUT2D eigenvalue weighted by molar-refractivity contribution is 6.22. The number of fused-ring (bicyclic) bond motifs is 3. The monoisotopic (exact) mass is 386 g/mol. The molecule has 0 bridgehead atoms. The van der Waals surface area contributed by atoms with Crippen molar-refractivity contribution in [3.05, 3.63) is 77.4 Å². The quantitative estimate of drug-likeness (QED) is 0.553. The van der Waals surface area contributed by atoms with Crippen LogP contribution in [0.1, 0.15) is 33.2 Å². The van der Waals surface area contributed by atoms with E-state index in [1.165, 1.54) is 14.0 Å². The van der Waals surface area contributed by atoms with E-state index in [4.69, 9.17) is 4.74 Å². The molecule has 1 aliphatic rings. The van der Waals surface area contributed by atoms with Crippen molar-refractivity contribution in [3.8, 4) is 16.9 Å². The number of hydrogen-bond donors (Lipinski definition) is 2. The van der Waals surface area contributed by atoms with Gasteiger partial charge in [0.15, 0.2) is 5.78 Å². The van der Waals surface area contributed by atoms with Gasteiger partial charge in [-0.05, 0) is 41.5 Å². The molecule has 29 heavy (non-hydrogen) atoms. The molecule has 0 atom stereocenters. The van der Waals surface area contributed by atoms with Crippen LogP contribution in [0.15, 0.2) is 60.7 Å². The van der Waals surface area contributed by atoms with Crippen LogP contribution >= 0.6 is 0 Å². The lowest BCUT2D eigenvalue weighted by Crippen LogP contribution is -2.14. The lowest BCUT2D eigenvalue weighted by Gasteiger charge is -2.13. The second-order valence-electron chi connectivity index (χ2n) is 6.69. The van der Waals surface area contributed by atoms with Gasteiger partial charge in [0.25, 0.3) is 5.91 Å². The maximum Gasteiger partial charge on any atom is 0.255 e. The fraction of sp³-hybridized carbons (Fsp3) is 0.0870. The molecular formula is C23H18N2O4. The zero-order chi connectivity index (χ0) is 20.5. The molecule has 1 aliphatic carbocycles. The summed E-state index contributed by atoms with van der Waals surface area (Å²) >= 11 is 0. The normalized spacial score (nSPS) is 11.4. The number of rotatable bonds is 4. The summed E-state index contributed by atoms with van der Waals surface area (Å²) in [6.07, 6.45) is 0. The Balaban J connectivity index is 1.64. The van der Waals surface area contributed by atoms with Crippen molar-refractivity contribution >= 4 is 29.0 Å². The molecule has 0 heterocycles. The Morgan fingerprint density at radius 1 is 0.828 bits per heavy atom. The summed E-state index contributed by atoms with van der Waals surface area (Å²) in [4.78, 5) is 36.8. The number of benzene rings is 3. The van der Waals surface area contributed by atoms with Crippen molar-refractivity contribution in [3.63, 3.8) is 0 Å². The maximum absolute atomic E-state index is 12.8. The molecule has 4 rings (SSSR count). The Hall–Kier alpha value is -3.93. The van der Waals surface area contributed by atoms with Crippen LogP contribution in [0.3, 0.4) is 0 Å². The molecule has 0 saturated carbocycles. The molecule has 144 valence electrons. The number of anilines is 2. The van der Waals surface area contributed by atoms with Gasteiger partial charge in [-0.3, -0.25) is 14.4 Å². The van der Waals surface area contributed by atoms with E-state index in [-0.39, 0.29) is 17.6 Å². The van der Waals surface area contributed by atoms with Crippen molar-refractivity contribution in [1.82, 2.24) is 0 Å². The molecule has 2 N–H and O–H groups in total. The van der Waals surface area contributed by atoms with Gasteiger partial charge in [-0.25, -0.2) is 0 Å². The number of nitrogens with one attached hydrogen (secondary N) is 2. The van der Waals surface area contributed by atoms with Crippen molar-refractivity contribution in [2.45, 2.75) is 6.92 Å². The van der Waals surface area contributed by atoms with Crippen LogP contribution in [0, 0.1) is 0 Å². The minimum absolute atomic E-state index is 0.0875. The molecule has 0 saturated heterocycles. The molecule has 6 nitrogen and oxygen atoms in total. The number of ketones is 1. The van der Waals surface area contributed by atoms with Gasteiger partial charge < -0.3 is 15.4 Å². The van der Waals surface area contributed by atoms with Gasteiger partial charge in [-0.1, -0.05) is 30.3 Å². The summed E-state index contributed by atoms with van der Waals surface area (Å²) in [7, 11) is 1.49. The SMILES string of the molecule is COc1ccc(NC(C)=O)cc1NC(=O)c1ccc2c(c1)C(=O)c1ccccc1-2. The number of carbonyl (C=O) groups excluding carboxylic acids is 3. The van der Waals surface area contributed by atoms with E-state index in [0.29, 0.717) is 33.8 Å². The number of methoxy groups -OCH3 is 1. The van der Waals surface area contributed by atoms with Gasteiger partial charge in [0, 0.05) is 29.3 Å². The van der Waals surface area contributed by atoms with Crippen molar-refractivity contribution in [2.24, 2.45) is 0 Å². The van der Waals surface area contributed by atoms with E-state index in [1.807, 2.05) is 18.2 Å². The van der Waals surface area contributed by atoms with E-state index in [0.717, 1.165) is 11.1 Å². The van der Waals surface area contributed by atoms with E-state index in [2.05, 4.69) is 10.6 Å². The highest BCUT2D eigenvalue weighted by Gasteiger charge is 2.27. The fourth-order valence-corrected chi connectivity index (χ4v) is 3.45. The lowest BCUT2D eigenvalue weighted by molar-refractivity contribution is -0.114. The Bertz CT molecular complexity index is 1170. The molecule has 6 heteroatoms. The van der Waals surface area contributed by atoms with Crippen LogP contribution in [-0.4, -0.2) is 24.7 Å². The van der Waals surface area contributed by atoms with E-state index >= 15 is 0 Å². The minimum atomic E-state index is -0.380. The molecule has 0 aromatic heterocycles. The summed E-state index contributed by atoms with van der Waals surface area (Å²) in [5.41, 5.74) is 4.17. The highest BCUT2D eigenvalue weighted by Crippen LogP contribution is 2.37.